The van der Waals surface area contributed by atoms with Crippen LogP contribution in [0.2, 0.25) is 0 Å². The molecule has 1 aromatic carbocycles. The largest absolute Gasteiger partial charge is 0.495 e. The molecular formula is C24H25N3O3S. The van der Waals surface area contributed by atoms with Crippen molar-refractivity contribution in [2.75, 3.05) is 20.2 Å². The van der Waals surface area contributed by atoms with Crippen LogP contribution in [-0.2, 0) is 11.2 Å². The summed E-state index contributed by atoms with van der Waals surface area (Å²) in [7, 11) is 1.60. The van der Waals surface area contributed by atoms with E-state index in [-0.39, 0.29) is 23.9 Å². The van der Waals surface area contributed by atoms with Gasteiger partial charge in [0.15, 0.2) is 0 Å². The number of benzene rings is 1. The number of carbonyl (C=O) groups is 2. The Morgan fingerprint density at radius 2 is 1.94 bits per heavy atom. The van der Waals surface area contributed by atoms with E-state index in [1.807, 2.05) is 53.3 Å². The minimum Gasteiger partial charge on any atom is -0.495 e. The SMILES string of the molecule is COc1cc(C)sc1C(=O)N1C[C@@H]2C[C@H]1CN2C(=O)CCc1cnc2ccccc2c1. The molecule has 6 nitrogen and oxygen atoms in total. The highest BCUT2D eigenvalue weighted by Crippen LogP contribution is 2.36. The summed E-state index contributed by atoms with van der Waals surface area (Å²) >= 11 is 1.47. The average molecular weight is 436 g/mol. The molecular weight excluding hydrogens is 410 g/mol. The molecule has 0 saturated carbocycles. The molecule has 4 heterocycles. The van der Waals surface area contributed by atoms with E-state index in [1.54, 1.807) is 7.11 Å². The fraction of sp³-hybridized carbons (Fsp3) is 0.375. The average Bonchev–Trinajstić information content (AvgIpc) is 3.50. The smallest absolute Gasteiger partial charge is 0.268 e. The highest BCUT2D eigenvalue weighted by Gasteiger charge is 2.47. The zero-order valence-corrected chi connectivity index (χ0v) is 18.5. The lowest BCUT2D eigenvalue weighted by Gasteiger charge is -2.34. The fourth-order valence-electron chi connectivity index (χ4n) is 4.79. The molecule has 160 valence electrons. The van der Waals surface area contributed by atoms with Crippen LogP contribution in [0.15, 0.2) is 42.6 Å². The van der Waals surface area contributed by atoms with Crippen LogP contribution in [-0.4, -0.2) is 58.9 Å². The van der Waals surface area contributed by atoms with E-state index in [0.717, 1.165) is 27.8 Å². The van der Waals surface area contributed by atoms with Crippen LogP contribution in [0.3, 0.4) is 0 Å². The predicted octanol–water partition coefficient (Wildman–Crippen LogP) is 3.67. The molecule has 2 amide bonds. The predicted molar refractivity (Wildman–Crippen MR) is 121 cm³/mol. The number of pyridine rings is 1. The number of piperazine rings is 1. The number of ether oxygens (including phenoxy) is 1. The maximum Gasteiger partial charge on any atom is 0.268 e. The van der Waals surface area contributed by atoms with Gasteiger partial charge in [-0.2, -0.15) is 0 Å². The quantitative estimate of drug-likeness (QED) is 0.614. The minimum absolute atomic E-state index is 0.0248. The zero-order chi connectivity index (χ0) is 21.5. The minimum atomic E-state index is 0.0248. The van der Waals surface area contributed by atoms with Crippen LogP contribution in [0.5, 0.6) is 5.75 Å². The Hall–Kier alpha value is -2.93. The number of aromatic nitrogens is 1. The van der Waals surface area contributed by atoms with Gasteiger partial charge in [0.2, 0.25) is 5.91 Å². The molecule has 2 atom stereocenters. The summed E-state index contributed by atoms with van der Waals surface area (Å²) in [4.78, 5) is 36.1. The molecule has 0 spiro atoms. The van der Waals surface area contributed by atoms with Gasteiger partial charge < -0.3 is 14.5 Å². The first-order chi connectivity index (χ1) is 15.0. The van der Waals surface area contributed by atoms with Gasteiger partial charge in [-0.05, 0) is 43.5 Å². The van der Waals surface area contributed by atoms with Crippen LogP contribution in [0.1, 0.15) is 33.0 Å². The van der Waals surface area contributed by atoms with Gasteiger partial charge in [0.25, 0.3) is 5.91 Å². The first kappa shape index (κ1) is 20.0. The second-order valence-electron chi connectivity index (χ2n) is 8.34. The van der Waals surface area contributed by atoms with E-state index < -0.39 is 0 Å². The van der Waals surface area contributed by atoms with Gasteiger partial charge in [0.05, 0.1) is 24.7 Å². The maximum absolute atomic E-state index is 13.1. The summed E-state index contributed by atoms with van der Waals surface area (Å²) in [5.74, 6) is 0.835. The third kappa shape index (κ3) is 3.67. The first-order valence-corrected chi connectivity index (χ1v) is 11.4. The van der Waals surface area contributed by atoms with Gasteiger partial charge in [-0.3, -0.25) is 14.6 Å². The second kappa shape index (κ2) is 7.96. The molecule has 0 N–H and O–H groups in total. The highest BCUT2D eigenvalue weighted by atomic mass is 32.1. The number of para-hydroxylation sites is 1. The van der Waals surface area contributed by atoms with E-state index in [0.29, 0.717) is 36.6 Å². The van der Waals surface area contributed by atoms with Crippen molar-refractivity contribution in [3.05, 3.63) is 57.9 Å². The molecule has 0 radical (unpaired) electrons. The molecule has 2 aliphatic rings. The Morgan fingerprint density at radius 3 is 2.71 bits per heavy atom. The van der Waals surface area contributed by atoms with Gasteiger partial charge in [-0.15, -0.1) is 11.3 Å². The van der Waals surface area contributed by atoms with Gasteiger partial charge in [0, 0.05) is 36.0 Å². The molecule has 5 rings (SSSR count). The number of hydrogen-bond donors (Lipinski definition) is 0. The topological polar surface area (TPSA) is 62.7 Å². The van der Waals surface area contributed by atoms with Gasteiger partial charge in [-0.1, -0.05) is 18.2 Å². The van der Waals surface area contributed by atoms with Crippen molar-refractivity contribution in [2.24, 2.45) is 0 Å². The van der Waals surface area contributed by atoms with E-state index in [4.69, 9.17) is 4.74 Å². The molecule has 2 bridgehead atoms. The van der Waals surface area contributed by atoms with Crippen molar-refractivity contribution in [1.82, 2.24) is 14.8 Å². The molecule has 2 aromatic heterocycles. The van der Waals surface area contributed by atoms with Crippen molar-refractivity contribution in [3.63, 3.8) is 0 Å². The Labute approximate surface area is 185 Å². The Kier molecular flexibility index (Phi) is 5.14. The number of carbonyl (C=O) groups excluding carboxylic acids is 2. The van der Waals surface area contributed by atoms with E-state index in [1.165, 1.54) is 11.3 Å². The first-order valence-electron chi connectivity index (χ1n) is 10.6. The molecule has 7 heteroatoms. The molecule has 0 unspecified atom stereocenters. The number of aryl methyl sites for hydroxylation is 2. The highest BCUT2D eigenvalue weighted by molar-refractivity contribution is 7.14. The Bertz CT molecular complexity index is 1160. The summed E-state index contributed by atoms with van der Waals surface area (Å²) in [5, 5.41) is 1.10. The molecule has 2 fully saturated rings. The van der Waals surface area contributed by atoms with Crippen molar-refractivity contribution >= 4 is 34.1 Å². The lowest BCUT2D eigenvalue weighted by atomic mass is 10.1. The van der Waals surface area contributed by atoms with Crippen LogP contribution in [0.25, 0.3) is 10.9 Å². The third-order valence-electron chi connectivity index (χ3n) is 6.33. The van der Waals surface area contributed by atoms with Gasteiger partial charge in [0.1, 0.15) is 10.6 Å². The van der Waals surface area contributed by atoms with Gasteiger partial charge >= 0.3 is 0 Å². The summed E-state index contributed by atoms with van der Waals surface area (Å²) in [5.41, 5.74) is 2.05. The van der Waals surface area contributed by atoms with E-state index in [2.05, 4.69) is 11.1 Å². The second-order valence-corrected chi connectivity index (χ2v) is 9.59. The zero-order valence-electron chi connectivity index (χ0n) is 17.7. The number of amides is 2. The van der Waals surface area contributed by atoms with Crippen molar-refractivity contribution in [1.29, 1.82) is 0 Å². The van der Waals surface area contributed by atoms with Crippen LogP contribution in [0.4, 0.5) is 0 Å². The molecule has 2 saturated heterocycles. The number of likely N-dealkylation sites (tertiary alicyclic amines) is 2. The summed E-state index contributed by atoms with van der Waals surface area (Å²) in [6, 6.07) is 12.2. The molecule has 2 aliphatic heterocycles. The summed E-state index contributed by atoms with van der Waals surface area (Å²) in [6.07, 6.45) is 3.87. The number of rotatable bonds is 5. The monoisotopic (exact) mass is 435 g/mol. The number of methoxy groups -OCH3 is 1. The lowest BCUT2D eigenvalue weighted by Crippen LogP contribution is -2.50. The van der Waals surface area contributed by atoms with E-state index >= 15 is 0 Å². The normalized spacial score (nSPS) is 19.9. The third-order valence-corrected chi connectivity index (χ3v) is 7.35. The molecule has 31 heavy (non-hydrogen) atoms. The van der Waals surface area contributed by atoms with Crippen molar-refractivity contribution < 1.29 is 14.3 Å². The van der Waals surface area contributed by atoms with Crippen LogP contribution in [0, 0.1) is 6.92 Å². The number of thiophene rings is 1. The Morgan fingerprint density at radius 1 is 1.16 bits per heavy atom. The van der Waals surface area contributed by atoms with Crippen LogP contribution >= 0.6 is 11.3 Å². The molecule has 0 aliphatic carbocycles. The maximum atomic E-state index is 13.1. The summed E-state index contributed by atoms with van der Waals surface area (Å²) in [6.45, 7) is 3.20. The molecule has 3 aromatic rings. The van der Waals surface area contributed by atoms with Crippen molar-refractivity contribution in [3.8, 4) is 5.75 Å². The number of nitrogens with zero attached hydrogens (tertiary/aromatic N) is 3. The lowest BCUT2D eigenvalue weighted by molar-refractivity contribution is -0.133. The number of hydrogen-bond acceptors (Lipinski definition) is 5. The van der Waals surface area contributed by atoms with Crippen molar-refractivity contribution in [2.45, 2.75) is 38.3 Å². The number of fused-ring (bicyclic) bond motifs is 3. The standard InChI is InChI=1S/C24H25N3O3S/c1-15-9-21(30-2)23(31-15)24(29)27-14-18-11-19(27)13-26(18)22(28)8-7-16-10-17-5-3-4-6-20(17)25-12-16/h3-6,9-10,12,18-19H,7-8,11,13-14H2,1-2H3/t18-,19-/m0/s1. The van der Waals surface area contributed by atoms with Crippen LogP contribution < -0.4 is 4.74 Å². The Balaban J connectivity index is 1.21. The summed E-state index contributed by atoms with van der Waals surface area (Å²) < 4.78 is 5.38. The fourth-order valence-corrected chi connectivity index (χ4v) is 5.73. The van der Waals surface area contributed by atoms with E-state index in [9.17, 15) is 9.59 Å². The van der Waals surface area contributed by atoms with Gasteiger partial charge in [-0.25, -0.2) is 0 Å².